The van der Waals surface area contributed by atoms with Gasteiger partial charge in [-0.25, -0.2) is 4.98 Å². The molecule has 2 heterocycles. The standard InChI is InChI=1S/C15H23N3OS/c1-11-3-5-15(19,6-4-11)10-16-9-13-12(2)17-14-18(13)7-8-20-14/h7-8,11,16,19H,3-6,9-10H2,1-2H3. The number of imidazole rings is 1. The molecule has 3 rings (SSSR count). The fraction of sp³-hybridized carbons (Fsp3) is 0.667. The van der Waals surface area contributed by atoms with Crippen molar-refractivity contribution in [3.8, 4) is 0 Å². The van der Waals surface area contributed by atoms with Crippen molar-refractivity contribution >= 4 is 16.3 Å². The Morgan fingerprint density at radius 1 is 1.50 bits per heavy atom. The van der Waals surface area contributed by atoms with Gasteiger partial charge in [0, 0.05) is 24.7 Å². The Kier molecular flexibility index (Phi) is 3.84. The van der Waals surface area contributed by atoms with E-state index in [4.69, 9.17) is 0 Å². The molecule has 2 aromatic heterocycles. The van der Waals surface area contributed by atoms with Crippen molar-refractivity contribution in [3.63, 3.8) is 0 Å². The predicted molar refractivity (Wildman–Crippen MR) is 82.1 cm³/mol. The third-order valence-corrected chi connectivity index (χ3v) is 5.27. The van der Waals surface area contributed by atoms with Crippen LogP contribution in [-0.4, -0.2) is 26.6 Å². The average Bonchev–Trinajstić information content (AvgIpc) is 2.96. The van der Waals surface area contributed by atoms with E-state index in [9.17, 15) is 5.11 Å². The highest BCUT2D eigenvalue weighted by Crippen LogP contribution is 2.31. The van der Waals surface area contributed by atoms with Gasteiger partial charge in [-0.3, -0.25) is 4.40 Å². The van der Waals surface area contributed by atoms with Crippen molar-refractivity contribution in [1.82, 2.24) is 14.7 Å². The SMILES string of the molecule is Cc1nc2sccn2c1CNCC1(O)CCC(C)CC1. The number of aryl methyl sites for hydroxylation is 1. The molecule has 2 aromatic rings. The molecular weight excluding hydrogens is 270 g/mol. The monoisotopic (exact) mass is 293 g/mol. The van der Waals surface area contributed by atoms with Gasteiger partial charge in [0.25, 0.3) is 0 Å². The molecule has 1 fully saturated rings. The molecule has 0 atom stereocenters. The highest BCUT2D eigenvalue weighted by molar-refractivity contribution is 7.15. The molecular formula is C15H23N3OS. The van der Waals surface area contributed by atoms with Crippen LogP contribution in [0.3, 0.4) is 0 Å². The van der Waals surface area contributed by atoms with Crippen LogP contribution >= 0.6 is 11.3 Å². The summed E-state index contributed by atoms with van der Waals surface area (Å²) in [4.78, 5) is 5.59. The van der Waals surface area contributed by atoms with Gasteiger partial charge in [0.05, 0.1) is 17.0 Å². The van der Waals surface area contributed by atoms with E-state index in [2.05, 4.69) is 33.2 Å². The Morgan fingerprint density at radius 3 is 3.00 bits per heavy atom. The molecule has 0 radical (unpaired) electrons. The summed E-state index contributed by atoms with van der Waals surface area (Å²) in [5.74, 6) is 0.762. The van der Waals surface area contributed by atoms with E-state index in [-0.39, 0.29) is 0 Å². The lowest BCUT2D eigenvalue weighted by molar-refractivity contribution is -0.00637. The Bertz CT molecular complexity index is 581. The first kappa shape index (κ1) is 14.0. The Balaban J connectivity index is 1.60. The number of aromatic nitrogens is 2. The van der Waals surface area contributed by atoms with Crippen molar-refractivity contribution in [2.75, 3.05) is 6.54 Å². The summed E-state index contributed by atoms with van der Waals surface area (Å²) in [7, 11) is 0. The molecule has 0 aliphatic heterocycles. The second-order valence-corrected chi connectivity index (χ2v) is 7.08. The van der Waals surface area contributed by atoms with Gasteiger partial charge in [-0.05, 0) is 38.5 Å². The first-order valence-electron chi connectivity index (χ1n) is 7.41. The molecule has 0 aromatic carbocycles. The molecule has 1 aliphatic carbocycles. The molecule has 4 nitrogen and oxygen atoms in total. The summed E-state index contributed by atoms with van der Waals surface area (Å²) in [5.41, 5.74) is 1.77. The molecule has 1 saturated carbocycles. The van der Waals surface area contributed by atoms with Crippen LogP contribution in [0.5, 0.6) is 0 Å². The van der Waals surface area contributed by atoms with Gasteiger partial charge in [-0.1, -0.05) is 6.92 Å². The van der Waals surface area contributed by atoms with Gasteiger partial charge in [0.2, 0.25) is 0 Å². The van der Waals surface area contributed by atoms with E-state index in [0.717, 1.165) is 48.8 Å². The van der Waals surface area contributed by atoms with Crippen LogP contribution in [0.2, 0.25) is 0 Å². The molecule has 5 heteroatoms. The van der Waals surface area contributed by atoms with E-state index in [1.165, 1.54) is 5.69 Å². The maximum absolute atomic E-state index is 10.6. The number of hydrogen-bond donors (Lipinski definition) is 2. The first-order valence-corrected chi connectivity index (χ1v) is 8.29. The highest BCUT2D eigenvalue weighted by Gasteiger charge is 2.31. The lowest BCUT2D eigenvalue weighted by atomic mass is 9.79. The molecule has 1 aliphatic rings. The molecule has 110 valence electrons. The summed E-state index contributed by atoms with van der Waals surface area (Å²) >= 11 is 1.66. The average molecular weight is 293 g/mol. The smallest absolute Gasteiger partial charge is 0.194 e. The van der Waals surface area contributed by atoms with Gasteiger partial charge < -0.3 is 10.4 Å². The van der Waals surface area contributed by atoms with Crippen LogP contribution in [0.4, 0.5) is 0 Å². The van der Waals surface area contributed by atoms with Crippen LogP contribution in [-0.2, 0) is 6.54 Å². The van der Waals surface area contributed by atoms with Crippen molar-refractivity contribution in [3.05, 3.63) is 23.0 Å². The third-order valence-electron chi connectivity index (χ3n) is 4.51. The van der Waals surface area contributed by atoms with Crippen LogP contribution in [0.1, 0.15) is 44.0 Å². The van der Waals surface area contributed by atoms with Crippen LogP contribution in [0.25, 0.3) is 4.96 Å². The lowest BCUT2D eigenvalue weighted by Crippen LogP contribution is -2.43. The quantitative estimate of drug-likeness (QED) is 0.911. The number of rotatable bonds is 4. The Labute approximate surface area is 123 Å². The van der Waals surface area contributed by atoms with Crippen molar-refractivity contribution < 1.29 is 5.11 Å². The van der Waals surface area contributed by atoms with Crippen LogP contribution in [0, 0.1) is 12.8 Å². The summed E-state index contributed by atoms with van der Waals surface area (Å²) in [6.45, 7) is 5.77. The van der Waals surface area contributed by atoms with Gasteiger partial charge in [-0.15, -0.1) is 11.3 Å². The molecule has 0 bridgehead atoms. The summed E-state index contributed by atoms with van der Waals surface area (Å²) in [5, 5.41) is 16.1. The molecule has 2 N–H and O–H groups in total. The van der Waals surface area contributed by atoms with Crippen molar-refractivity contribution in [2.24, 2.45) is 5.92 Å². The van der Waals surface area contributed by atoms with Gasteiger partial charge in [0.15, 0.2) is 4.96 Å². The Hall–Kier alpha value is -0.910. The zero-order chi connectivity index (χ0) is 14.2. The fourth-order valence-electron chi connectivity index (χ4n) is 3.04. The largest absolute Gasteiger partial charge is 0.389 e. The van der Waals surface area contributed by atoms with Gasteiger partial charge >= 0.3 is 0 Å². The predicted octanol–water partition coefficient (Wildman–Crippen LogP) is 2.74. The Morgan fingerprint density at radius 2 is 2.25 bits per heavy atom. The van der Waals surface area contributed by atoms with Gasteiger partial charge in [0.1, 0.15) is 0 Å². The minimum atomic E-state index is -0.515. The summed E-state index contributed by atoms with van der Waals surface area (Å²) in [6.07, 6.45) is 6.17. The van der Waals surface area contributed by atoms with Crippen LogP contribution < -0.4 is 5.32 Å². The second kappa shape index (κ2) is 5.47. The molecule has 20 heavy (non-hydrogen) atoms. The molecule has 0 amide bonds. The second-order valence-electron chi connectivity index (χ2n) is 6.21. The molecule has 0 saturated heterocycles. The number of thiazole rings is 1. The van der Waals surface area contributed by atoms with E-state index in [1.807, 2.05) is 6.92 Å². The topological polar surface area (TPSA) is 49.6 Å². The molecule has 0 unspecified atom stereocenters. The number of nitrogens with one attached hydrogen (secondary N) is 1. The third kappa shape index (κ3) is 2.75. The number of aliphatic hydroxyl groups is 1. The fourth-order valence-corrected chi connectivity index (χ4v) is 3.82. The van der Waals surface area contributed by atoms with E-state index in [0.29, 0.717) is 6.54 Å². The number of hydrogen-bond acceptors (Lipinski definition) is 4. The van der Waals surface area contributed by atoms with E-state index >= 15 is 0 Å². The lowest BCUT2D eigenvalue weighted by Gasteiger charge is -2.35. The molecule has 0 spiro atoms. The maximum Gasteiger partial charge on any atom is 0.194 e. The number of fused-ring (bicyclic) bond motifs is 1. The normalized spacial score (nSPS) is 27.2. The zero-order valence-electron chi connectivity index (χ0n) is 12.2. The number of nitrogens with zero attached hydrogens (tertiary/aromatic N) is 2. The van der Waals surface area contributed by atoms with Crippen molar-refractivity contribution in [2.45, 2.75) is 51.7 Å². The minimum Gasteiger partial charge on any atom is -0.389 e. The van der Waals surface area contributed by atoms with E-state index in [1.54, 1.807) is 11.3 Å². The highest BCUT2D eigenvalue weighted by atomic mass is 32.1. The van der Waals surface area contributed by atoms with Crippen LogP contribution in [0.15, 0.2) is 11.6 Å². The van der Waals surface area contributed by atoms with Gasteiger partial charge in [-0.2, -0.15) is 0 Å². The first-order chi connectivity index (χ1) is 9.57. The van der Waals surface area contributed by atoms with Crippen molar-refractivity contribution in [1.29, 1.82) is 0 Å². The zero-order valence-corrected chi connectivity index (χ0v) is 13.0. The van der Waals surface area contributed by atoms with E-state index < -0.39 is 5.60 Å². The summed E-state index contributed by atoms with van der Waals surface area (Å²) < 4.78 is 2.14. The summed E-state index contributed by atoms with van der Waals surface area (Å²) in [6, 6.07) is 0. The maximum atomic E-state index is 10.6. The minimum absolute atomic E-state index is 0.515.